The van der Waals surface area contributed by atoms with Gasteiger partial charge in [0, 0.05) is 17.6 Å². The first-order chi connectivity index (χ1) is 8.72. The summed E-state index contributed by atoms with van der Waals surface area (Å²) in [7, 11) is 1.54. The van der Waals surface area contributed by atoms with Gasteiger partial charge >= 0.3 is 0 Å². The third-order valence-electron chi connectivity index (χ3n) is 2.01. The molecule has 1 N–H and O–H groups in total. The van der Waals surface area contributed by atoms with Crippen molar-refractivity contribution in [3.63, 3.8) is 0 Å². The van der Waals surface area contributed by atoms with Crippen LogP contribution >= 0.6 is 23.3 Å². The molecule has 6 nitrogen and oxygen atoms in total. The minimum Gasteiger partial charge on any atom is -0.506 e. The lowest BCUT2D eigenvalue weighted by atomic mass is 10.3. The lowest BCUT2D eigenvalue weighted by molar-refractivity contribution is 0.412. The molecule has 0 fully saturated rings. The van der Waals surface area contributed by atoms with Crippen LogP contribution in [0.3, 0.4) is 0 Å². The number of hydrogen-bond acceptors (Lipinski definition) is 8. The first kappa shape index (κ1) is 12.8. The predicted octanol–water partition coefficient (Wildman–Crippen LogP) is 3.39. The number of aromatic hydroxyl groups is 1. The number of hydrogen-bond donors (Lipinski definition) is 1. The third kappa shape index (κ3) is 2.96. The minimum absolute atomic E-state index is 0.0363. The van der Waals surface area contributed by atoms with E-state index >= 15 is 0 Å². The number of aromatic nitrogens is 2. The van der Waals surface area contributed by atoms with Crippen LogP contribution < -0.4 is 4.74 Å². The second-order valence-electron chi connectivity index (χ2n) is 3.12. The van der Waals surface area contributed by atoms with Gasteiger partial charge in [0.05, 0.1) is 7.11 Å². The van der Waals surface area contributed by atoms with Gasteiger partial charge in [0.2, 0.25) is 10.3 Å². The predicted molar refractivity (Wildman–Crippen MR) is 70.5 cm³/mol. The van der Waals surface area contributed by atoms with Crippen molar-refractivity contribution >= 4 is 34.1 Å². The van der Waals surface area contributed by atoms with Crippen LogP contribution in [0.15, 0.2) is 33.6 Å². The second kappa shape index (κ2) is 5.78. The highest BCUT2D eigenvalue weighted by atomic mass is 32.2. The van der Waals surface area contributed by atoms with Gasteiger partial charge in [-0.1, -0.05) is 11.8 Å². The molecule has 8 heteroatoms. The average Bonchev–Trinajstić information content (AvgIpc) is 2.86. The normalized spacial score (nSPS) is 11.0. The number of methoxy groups -OCH3 is 1. The van der Waals surface area contributed by atoms with Gasteiger partial charge in [0.1, 0.15) is 17.2 Å². The van der Waals surface area contributed by atoms with Crippen molar-refractivity contribution in [2.75, 3.05) is 13.4 Å². The van der Waals surface area contributed by atoms with Crippen LogP contribution in [-0.4, -0.2) is 27.8 Å². The zero-order valence-electron chi connectivity index (χ0n) is 9.69. The van der Waals surface area contributed by atoms with E-state index in [4.69, 9.17) is 4.74 Å². The Balaban J connectivity index is 2.22. The quantitative estimate of drug-likeness (QED) is 0.686. The van der Waals surface area contributed by atoms with Crippen molar-refractivity contribution in [1.82, 2.24) is 9.36 Å². The number of thioether (sulfide) groups is 1. The number of rotatable bonds is 4. The summed E-state index contributed by atoms with van der Waals surface area (Å²) < 4.78 is 9.10. The lowest BCUT2D eigenvalue weighted by Crippen LogP contribution is -1.80. The fraction of sp³-hybridized carbons (Fsp3) is 0.200. The van der Waals surface area contributed by atoms with Crippen molar-refractivity contribution in [2.45, 2.75) is 5.16 Å². The summed E-state index contributed by atoms with van der Waals surface area (Å²) >= 11 is 2.59. The van der Waals surface area contributed by atoms with Crippen LogP contribution in [0.1, 0.15) is 0 Å². The molecule has 0 aliphatic carbocycles. The highest BCUT2D eigenvalue weighted by Crippen LogP contribution is 2.32. The van der Waals surface area contributed by atoms with Crippen LogP contribution in [0.4, 0.5) is 10.8 Å². The van der Waals surface area contributed by atoms with Gasteiger partial charge in [0.15, 0.2) is 0 Å². The summed E-state index contributed by atoms with van der Waals surface area (Å²) in [4.78, 5) is 4.11. The van der Waals surface area contributed by atoms with E-state index in [1.54, 1.807) is 19.2 Å². The van der Waals surface area contributed by atoms with Gasteiger partial charge in [-0.2, -0.15) is 9.36 Å². The molecule has 0 radical (unpaired) electrons. The van der Waals surface area contributed by atoms with Crippen molar-refractivity contribution in [1.29, 1.82) is 0 Å². The van der Waals surface area contributed by atoms with E-state index < -0.39 is 0 Å². The number of nitrogens with zero attached hydrogens (tertiary/aromatic N) is 4. The van der Waals surface area contributed by atoms with E-state index in [-0.39, 0.29) is 5.75 Å². The van der Waals surface area contributed by atoms with Crippen molar-refractivity contribution < 1.29 is 9.84 Å². The van der Waals surface area contributed by atoms with Crippen LogP contribution in [0, 0.1) is 0 Å². The molecule has 1 aromatic carbocycles. The molecule has 0 amide bonds. The standard InChI is InChI=1S/C10H10N4O2S2/c1-16-6-3-4-8(15)7(5-6)12-13-9-11-10(17-2)14-18-9/h3-5,15H,1-2H3/b13-12+. The van der Waals surface area contributed by atoms with E-state index in [9.17, 15) is 5.11 Å². The van der Waals surface area contributed by atoms with E-state index in [1.807, 2.05) is 6.26 Å². The molecule has 18 heavy (non-hydrogen) atoms. The van der Waals surface area contributed by atoms with Gasteiger partial charge in [0.25, 0.3) is 0 Å². The summed E-state index contributed by atoms with van der Waals surface area (Å²) in [6.07, 6.45) is 1.89. The number of ether oxygens (including phenoxy) is 1. The molecule has 0 aliphatic rings. The fourth-order valence-electron chi connectivity index (χ4n) is 1.13. The van der Waals surface area contributed by atoms with Crippen LogP contribution in [0.5, 0.6) is 11.5 Å². The van der Waals surface area contributed by atoms with Crippen molar-refractivity contribution in [3.8, 4) is 11.5 Å². The maximum atomic E-state index is 9.61. The Kier molecular flexibility index (Phi) is 4.11. The second-order valence-corrected chi connectivity index (χ2v) is 4.62. The summed E-state index contributed by atoms with van der Waals surface area (Å²) in [6.45, 7) is 0. The minimum atomic E-state index is 0.0363. The summed E-state index contributed by atoms with van der Waals surface area (Å²) in [5.74, 6) is 0.637. The summed E-state index contributed by atoms with van der Waals surface area (Å²) in [5.41, 5.74) is 0.329. The number of phenolic OH excluding ortho intramolecular Hbond substituents is 1. The highest BCUT2D eigenvalue weighted by Gasteiger charge is 2.04. The van der Waals surface area contributed by atoms with Crippen molar-refractivity contribution in [2.24, 2.45) is 10.2 Å². The maximum Gasteiger partial charge on any atom is 0.250 e. The monoisotopic (exact) mass is 282 g/mol. The van der Waals surface area contributed by atoms with Gasteiger partial charge in [-0.3, -0.25) is 0 Å². The fourth-order valence-corrected chi connectivity index (χ4v) is 2.18. The first-order valence-electron chi connectivity index (χ1n) is 4.89. The van der Waals surface area contributed by atoms with E-state index in [0.717, 1.165) is 11.5 Å². The van der Waals surface area contributed by atoms with Crippen molar-refractivity contribution in [3.05, 3.63) is 18.2 Å². The molecule has 0 atom stereocenters. The Bertz CT molecular complexity index is 571. The van der Waals surface area contributed by atoms with Gasteiger partial charge in [-0.25, -0.2) is 0 Å². The Morgan fingerprint density at radius 2 is 2.22 bits per heavy atom. The Labute approximate surface area is 112 Å². The molecule has 0 spiro atoms. The molecular formula is C10H10N4O2S2. The number of benzene rings is 1. The van der Waals surface area contributed by atoms with Crippen LogP contribution in [0.2, 0.25) is 0 Å². The van der Waals surface area contributed by atoms with Gasteiger partial charge in [-0.15, -0.1) is 10.2 Å². The topological polar surface area (TPSA) is 80.0 Å². The summed E-state index contributed by atoms with van der Waals surface area (Å²) in [5, 5.41) is 18.6. The number of azo groups is 1. The molecule has 1 heterocycles. The largest absolute Gasteiger partial charge is 0.506 e. The first-order valence-corrected chi connectivity index (χ1v) is 6.89. The number of phenols is 1. The molecule has 0 bridgehead atoms. The molecule has 1 aromatic heterocycles. The van der Waals surface area contributed by atoms with Crippen LogP contribution in [-0.2, 0) is 0 Å². The third-order valence-corrected chi connectivity index (χ3v) is 3.27. The Morgan fingerprint density at radius 3 is 2.89 bits per heavy atom. The van der Waals surface area contributed by atoms with Gasteiger partial charge < -0.3 is 9.84 Å². The molecular weight excluding hydrogens is 272 g/mol. The molecule has 0 saturated heterocycles. The summed E-state index contributed by atoms with van der Waals surface area (Å²) in [6, 6.07) is 4.74. The van der Waals surface area contributed by atoms with Gasteiger partial charge in [-0.05, 0) is 18.4 Å². The lowest BCUT2D eigenvalue weighted by Gasteiger charge is -2.01. The highest BCUT2D eigenvalue weighted by molar-refractivity contribution is 7.98. The Hall–Kier alpha value is -1.67. The average molecular weight is 282 g/mol. The molecule has 2 rings (SSSR count). The van der Waals surface area contributed by atoms with E-state index in [1.165, 1.54) is 17.8 Å². The zero-order valence-corrected chi connectivity index (χ0v) is 11.3. The maximum absolute atomic E-state index is 9.61. The smallest absolute Gasteiger partial charge is 0.250 e. The van der Waals surface area contributed by atoms with E-state index in [0.29, 0.717) is 21.7 Å². The Morgan fingerprint density at radius 1 is 1.39 bits per heavy atom. The molecule has 0 unspecified atom stereocenters. The SMILES string of the molecule is COc1ccc(O)c(/N=N/c2nc(SC)ns2)c1. The van der Waals surface area contributed by atoms with Crippen LogP contribution in [0.25, 0.3) is 0 Å². The molecule has 0 saturated carbocycles. The van der Waals surface area contributed by atoms with E-state index in [2.05, 4.69) is 19.6 Å². The molecule has 94 valence electrons. The molecule has 0 aliphatic heterocycles. The molecule has 2 aromatic rings. The zero-order chi connectivity index (χ0) is 13.0.